The Labute approximate surface area is 75.3 Å². The van der Waals surface area contributed by atoms with Gasteiger partial charge in [-0.25, -0.2) is 0 Å². The zero-order valence-corrected chi connectivity index (χ0v) is 7.43. The van der Waals surface area contributed by atoms with Crippen molar-refractivity contribution in [1.82, 2.24) is 0 Å². The molecule has 1 aliphatic heterocycles. The molecule has 0 spiro atoms. The van der Waals surface area contributed by atoms with Crippen molar-refractivity contribution >= 4 is 16.9 Å². The first kappa shape index (κ1) is 9.25. The minimum Gasteiger partial charge on any atom is -0.512 e. The van der Waals surface area contributed by atoms with Gasteiger partial charge in [0.1, 0.15) is 12.0 Å². The van der Waals surface area contributed by atoms with Gasteiger partial charge in [-0.2, -0.15) is 0 Å². The molecule has 0 aromatic carbocycles. The number of hydrogen-bond acceptors (Lipinski definition) is 4. The maximum Gasteiger partial charge on any atom is 0.154 e. The number of hydrogen-bond donors (Lipinski definition) is 3. The van der Waals surface area contributed by atoms with Gasteiger partial charge >= 0.3 is 0 Å². The van der Waals surface area contributed by atoms with Crippen molar-refractivity contribution in [1.29, 1.82) is 5.41 Å². The van der Waals surface area contributed by atoms with Gasteiger partial charge in [0, 0.05) is 6.42 Å². The van der Waals surface area contributed by atoms with Crippen LogP contribution in [0.5, 0.6) is 0 Å². The minimum absolute atomic E-state index is 0.0548. The van der Waals surface area contributed by atoms with E-state index in [4.69, 9.17) is 21.0 Å². The summed E-state index contributed by atoms with van der Waals surface area (Å²) in [6, 6.07) is 0. The van der Waals surface area contributed by atoms with Gasteiger partial charge in [-0.3, -0.25) is 5.41 Å². The predicted molar refractivity (Wildman–Crippen MR) is 48.9 cm³/mol. The Kier molecular flexibility index (Phi) is 3.28. The number of ether oxygens (including phenoxy) is 1. The molecule has 4 N–H and O–H groups in total. The molecule has 1 heterocycles. The summed E-state index contributed by atoms with van der Waals surface area (Å²) in [6.45, 7) is 0. The molecule has 0 radical (unpaired) electrons. The Morgan fingerprint density at radius 2 is 2.58 bits per heavy atom. The highest BCUT2D eigenvalue weighted by molar-refractivity contribution is 8.14. The van der Waals surface area contributed by atoms with Crippen LogP contribution in [-0.2, 0) is 4.74 Å². The molecule has 0 amide bonds. The molecular weight excluding hydrogens is 176 g/mol. The van der Waals surface area contributed by atoms with Crippen LogP contribution in [0.3, 0.4) is 0 Å². The molecule has 5 heteroatoms. The summed E-state index contributed by atoms with van der Waals surface area (Å²) in [7, 11) is 0. The number of amidine groups is 1. The second-order valence-corrected chi connectivity index (χ2v) is 3.72. The van der Waals surface area contributed by atoms with Crippen molar-refractivity contribution in [2.24, 2.45) is 5.73 Å². The molecule has 1 saturated heterocycles. The lowest BCUT2D eigenvalue weighted by atomic mass is 10.2. The Morgan fingerprint density at radius 3 is 3.17 bits per heavy atom. The number of aliphatic hydroxyl groups is 1. The lowest BCUT2D eigenvalue weighted by Gasteiger charge is -2.23. The van der Waals surface area contributed by atoms with Crippen molar-refractivity contribution in [3.8, 4) is 0 Å². The Bertz CT molecular complexity index is 206. The van der Waals surface area contributed by atoms with E-state index in [2.05, 4.69) is 0 Å². The average Bonchev–Trinajstić information content (AvgIpc) is 2.03. The topological polar surface area (TPSA) is 79.3 Å². The monoisotopic (exact) mass is 188 g/mol. The predicted octanol–water partition coefficient (Wildman–Crippen LogP) is 1.54. The maximum atomic E-state index is 8.66. The number of aliphatic hydroxyl groups excluding tert-OH is 1. The van der Waals surface area contributed by atoms with E-state index in [1.54, 1.807) is 0 Å². The molecular formula is C7H12N2O2S. The van der Waals surface area contributed by atoms with Gasteiger partial charge in [0.2, 0.25) is 0 Å². The van der Waals surface area contributed by atoms with E-state index < -0.39 is 0 Å². The summed E-state index contributed by atoms with van der Waals surface area (Å²) in [5.41, 5.74) is 5.09. The second-order valence-electron chi connectivity index (χ2n) is 2.52. The van der Waals surface area contributed by atoms with Crippen molar-refractivity contribution in [3.05, 3.63) is 12.0 Å². The minimum atomic E-state index is -0.102. The molecule has 12 heavy (non-hydrogen) atoms. The van der Waals surface area contributed by atoms with Crippen LogP contribution < -0.4 is 5.73 Å². The Hall–Kier alpha value is -0.840. The summed E-state index contributed by atoms with van der Waals surface area (Å²) in [5, 5.41) is 15.7. The molecule has 1 atom stereocenters. The molecule has 0 aliphatic carbocycles. The zero-order valence-electron chi connectivity index (χ0n) is 6.62. The van der Waals surface area contributed by atoms with Crippen LogP contribution in [0.1, 0.15) is 19.3 Å². The van der Waals surface area contributed by atoms with Crippen LogP contribution in [0.2, 0.25) is 0 Å². The first-order chi connectivity index (χ1) is 5.72. The smallest absolute Gasteiger partial charge is 0.154 e. The molecule has 1 rings (SSSR count). The van der Waals surface area contributed by atoms with E-state index in [9.17, 15) is 0 Å². The van der Waals surface area contributed by atoms with Crippen molar-refractivity contribution in [3.63, 3.8) is 0 Å². The van der Waals surface area contributed by atoms with Crippen LogP contribution in [0.4, 0.5) is 0 Å². The molecule has 1 fully saturated rings. The first-order valence-corrected chi connectivity index (χ1v) is 4.61. The third-order valence-electron chi connectivity index (χ3n) is 1.55. The summed E-state index contributed by atoms with van der Waals surface area (Å²) in [6.07, 6.45) is 3.59. The van der Waals surface area contributed by atoms with E-state index in [0.717, 1.165) is 25.5 Å². The second kappa shape index (κ2) is 4.25. The van der Waals surface area contributed by atoms with Gasteiger partial charge in [-0.1, -0.05) is 0 Å². The molecule has 0 saturated carbocycles. The van der Waals surface area contributed by atoms with Crippen molar-refractivity contribution in [2.45, 2.75) is 24.7 Å². The van der Waals surface area contributed by atoms with Crippen LogP contribution in [-0.4, -0.2) is 15.7 Å². The third-order valence-corrected chi connectivity index (χ3v) is 2.40. The van der Waals surface area contributed by atoms with Gasteiger partial charge < -0.3 is 15.6 Å². The highest BCUT2D eigenvalue weighted by Gasteiger charge is 2.19. The van der Waals surface area contributed by atoms with Crippen LogP contribution >= 0.6 is 11.8 Å². The van der Waals surface area contributed by atoms with Crippen LogP contribution in [0.25, 0.3) is 0 Å². The molecule has 68 valence electrons. The number of thioether (sulfide) groups is 1. The number of nitrogens with one attached hydrogen (secondary N) is 1. The normalized spacial score (nSPS) is 26.7. The van der Waals surface area contributed by atoms with E-state index in [-0.39, 0.29) is 10.6 Å². The molecule has 1 aliphatic rings. The van der Waals surface area contributed by atoms with Gasteiger partial charge in [-0.05, 0) is 24.6 Å². The first-order valence-electron chi connectivity index (χ1n) is 3.73. The standard InChI is InChI=1S/C7H12N2O2S/c8-7(9)12-6-3-1-2-5(4-10)11-6/h4,6,10H,1-3H2,(H3,8,9)/b5-4-/t6-/m1/s1. The number of nitrogens with two attached hydrogens (primary N) is 1. The maximum absolute atomic E-state index is 8.66. The molecule has 4 nitrogen and oxygen atoms in total. The van der Waals surface area contributed by atoms with E-state index >= 15 is 0 Å². The zero-order chi connectivity index (χ0) is 8.97. The van der Waals surface area contributed by atoms with Crippen LogP contribution in [0.15, 0.2) is 12.0 Å². The van der Waals surface area contributed by atoms with E-state index in [0.29, 0.717) is 5.76 Å². The summed E-state index contributed by atoms with van der Waals surface area (Å²) >= 11 is 1.18. The van der Waals surface area contributed by atoms with Gasteiger partial charge in [0.25, 0.3) is 0 Å². The highest BCUT2D eigenvalue weighted by Crippen LogP contribution is 2.28. The largest absolute Gasteiger partial charge is 0.512 e. The number of allylic oxidation sites excluding steroid dienone is 1. The third kappa shape index (κ3) is 2.65. The fourth-order valence-electron chi connectivity index (χ4n) is 1.05. The van der Waals surface area contributed by atoms with Crippen LogP contribution in [0, 0.1) is 5.41 Å². The fraction of sp³-hybridized carbons (Fsp3) is 0.571. The quantitative estimate of drug-likeness (QED) is 0.331. The Morgan fingerprint density at radius 1 is 1.83 bits per heavy atom. The van der Waals surface area contributed by atoms with Gasteiger partial charge in [0.15, 0.2) is 10.6 Å². The lowest BCUT2D eigenvalue weighted by molar-refractivity contribution is 0.131. The molecule has 0 unspecified atom stereocenters. The molecule has 0 aromatic heterocycles. The van der Waals surface area contributed by atoms with Crippen molar-refractivity contribution < 1.29 is 9.84 Å². The SMILES string of the molecule is N=C(N)S[C@@H]1CCC/C(=C/O)O1. The van der Waals surface area contributed by atoms with Gasteiger partial charge in [0.05, 0.1) is 0 Å². The summed E-state index contributed by atoms with van der Waals surface area (Å²) < 4.78 is 5.30. The van der Waals surface area contributed by atoms with Crippen molar-refractivity contribution in [2.75, 3.05) is 0 Å². The van der Waals surface area contributed by atoms with E-state index in [1.165, 1.54) is 11.8 Å². The fourth-order valence-corrected chi connectivity index (χ4v) is 1.79. The number of rotatable bonds is 1. The molecule has 0 aromatic rings. The highest BCUT2D eigenvalue weighted by atomic mass is 32.2. The summed E-state index contributed by atoms with van der Waals surface area (Å²) in [5.74, 6) is 0.583. The summed E-state index contributed by atoms with van der Waals surface area (Å²) in [4.78, 5) is 0. The van der Waals surface area contributed by atoms with Gasteiger partial charge in [-0.15, -0.1) is 0 Å². The Balaban J connectivity index is 2.41. The average molecular weight is 188 g/mol. The lowest BCUT2D eigenvalue weighted by Crippen LogP contribution is -2.19. The van der Waals surface area contributed by atoms with E-state index in [1.807, 2.05) is 0 Å². The molecule has 0 bridgehead atoms.